The Morgan fingerprint density at radius 2 is 1.42 bits per heavy atom. The van der Waals surface area contributed by atoms with Gasteiger partial charge in [-0.05, 0) is 43.0 Å². The molecular weight excluding hydrogens is 300 g/mol. The lowest BCUT2D eigenvalue weighted by Crippen LogP contribution is -2.24. The predicted molar refractivity (Wildman–Crippen MR) is 93.4 cm³/mol. The van der Waals surface area contributed by atoms with Crippen molar-refractivity contribution in [3.63, 3.8) is 0 Å². The zero-order chi connectivity index (χ0) is 16.9. The maximum atomic E-state index is 12.2. The third kappa shape index (κ3) is 4.44. The van der Waals surface area contributed by atoms with Gasteiger partial charge in [-0.3, -0.25) is 9.59 Å². The summed E-state index contributed by atoms with van der Waals surface area (Å²) in [5, 5.41) is 5.84. The first-order valence-electron chi connectivity index (χ1n) is 8.32. The number of benzene rings is 2. The molecular formula is C20H22N2O2. The van der Waals surface area contributed by atoms with Crippen LogP contribution in [0, 0.1) is 12.8 Å². The SMILES string of the molecule is Cc1ccc(CNC(=O)c2ccc(CNC(=O)C3CC3)cc2)cc1. The first kappa shape index (κ1) is 16.2. The van der Waals surface area contributed by atoms with E-state index in [0.29, 0.717) is 18.7 Å². The fraction of sp³-hybridized carbons (Fsp3) is 0.300. The van der Waals surface area contributed by atoms with Crippen molar-refractivity contribution in [2.75, 3.05) is 0 Å². The topological polar surface area (TPSA) is 58.2 Å². The van der Waals surface area contributed by atoms with Crippen LogP contribution >= 0.6 is 0 Å². The standard InChI is InChI=1S/C20H22N2O2/c1-14-2-4-15(5-3-14)12-21-19(23)17-8-6-16(7-9-17)13-22-20(24)18-10-11-18/h2-9,18H,10-13H2,1H3,(H,21,23)(H,22,24). The number of hydrogen-bond acceptors (Lipinski definition) is 2. The molecule has 0 saturated heterocycles. The molecule has 1 fully saturated rings. The van der Waals surface area contributed by atoms with Gasteiger partial charge < -0.3 is 10.6 Å². The van der Waals surface area contributed by atoms with E-state index >= 15 is 0 Å². The largest absolute Gasteiger partial charge is 0.352 e. The average molecular weight is 322 g/mol. The molecule has 2 amide bonds. The van der Waals surface area contributed by atoms with Crippen LogP contribution in [0.1, 0.15) is 39.9 Å². The summed E-state index contributed by atoms with van der Waals surface area (Å²) < 4.78 is 0. The molecule has 4 heteroatoms. The van der Waals surface area contributed by atoms with Crippen LogP contribution in [0.25, 0.3) is 0 Å². The van der Waals surface area contributed by atoms with Gasteiger partial charge in [0.05, 0.1) is 0 Å². The van der Waals surface area contributed by atoms with Crippen molar-refractivity contribution in [1.29, 1.82) is 0 Å². The minimum absolute atomic E-state index is 0.0934. The summed E-state index contributed by atoms with van der Waals surface area (Å²) in [5.74, 6) is 0.260. The van der Waals surface area contributed by atoms with E-state index in [1.807, 2.05) is 43.3 Å². The van der Waals surface area contributed by atoms with Crippen LogP contribution in [-0.4, -0.2) is 11.8 Å². The monoisotopic (exact) mass is 322 g/mol. The molecule has 1 aliphatic carbocycles. The molecule has 0 atom stereocenters. The predicted octanol–water partition coefficient (Wildman–Crippen LogP) is 2.95. The molecule has 1 aliphatic rings. The highest BCUT2D eigenvalue weighted by atomic mass is 16.2. The third-order valence-corrected chi connectivity index (χ3v) is 4.20. The lowest BCUT2D eigenvalue weighted by molar-refractivity contribution is -0.122. The molecule has 0 heterocycles. The third-order valence-electron chi connectivity index (χ3n) is 4.20. The van der Waals surface area contributed by atoms with Crippen LogP contribution in [0.2, 0.25) is 0 Å². The molecule has 24 heavy (non-hydrogen) atoms. The second-order valence-corrected chi connectivity index (χ2v) is 6.36. The number of amides is 2. The molecule has 0 aromatic heterocycles. The molecule has 4 nitrogen and oxygen atoms in total. The second kappa shape index (κ2) is 7.30. The van der Waals surface area contributed by atoms with Gasteiger partial charge in [-0.2, -0.15) is 0 Å². The lowest BCUT2D eigenvalue weighted by atomic mass is 10.1. The van der Waals surface area contributed by atoms with E-state index in [9.17, 15) is 9.59 Å². The van der Waals surface area contributed by atoms with Crippen LogP contribution in [0.4, 0.5) is 0 Å². The van der Waals surface area contributed by atoms with E-state index in [-0.39, 0.29) is 17.7 Å². The first-order chi connectivity index (χ1) is 11.6. The van der Waals surface area contributed by atoms with Gasteiger partial charge in [0.2, 0.25) is 5.91 Å². The summed E-state index contributed by atoms with van der Waals surface area (Å²) in [7, 11) is 0. The fourth-order valence-electron chi connectivity index (χ4n) is 2.44. The number of hydrogen-bond donors (Lipinski definition) is 2. The van der Waals surface area contributed by atoms with E-state index in [4.69, 9.17) is 0 Å². The number of aryl methyl sites for hydroxylation is 1. The Balaban J connectivity index is 1.49. The molecule has 0 spiro atoms. The molecule has 2 aromatic rings. The molecule has 2 aromatic carbocycles. The van der Waals surface area contributed by atoms with E-state index < -0.39 is 0 Å². The number of nitrogens with one attached hydrogen (secondary N) is 2. The van der Waals surface area contributed by atoms with Gasteiger partial charge in [0.15, 0.2) is 0 Å². The Kier molecular flexibility index (Phi) is 4.94. The van der Waals surface area contributed by atoms with Gasteiger partial charge in [-0.1, -0.05) is 42.0 Å². The van der Waals surface area contributed by atoms with Crippen molar-refractivity contribution < 1.29 is 9.59 Å². The van der Waals surface area contributed by atoms with Gasteiger partial charge >= 0.3 is 0 Å². The molecule has 0 unspecified atom stereocenters. The molecule has 0 radical (unpaired) electrons. The smallest absolute Gasteiger partial charge is 0.251 e. The first-order valence-corrected chi connectivity index (χ1v) is 8.32. The normalized spacial score (nSPS) is 13.4. The van der Waals surface area contributed by atoms with Gasteiger partial charge in [-0.25, -0.2) is 0 Å². The van der Waals surface area contributed by atoms with Gasteiger partial charge in [-0.15, -0.1) is 0 Å². The Morgan fingerprint density at radius 1 is 0.875 bits per heavy atom. The van der Waals surface area contributed by atoms with E-state index in [1.54, 1.807) is 12.1 Å². The Labute approximate surface area is 142 Å². The summed E-state index contributed by atoms with van der Waals surface area (Å²) in [6.45, 7) is 3.07. The second-order valence-electron chi connectivity index (χ2n) is 6.36. The highest BCUT2D eigenvalue weighted by molar-refractivity contribution is 5.94. The summed E-state index contributed by atoms with van der Waals surface area (Å²) in [6.07, 6.45) is 2.01. The molecule has 1 saturated carbocycles. The highest BCUT2D eigenvalue weighted by Crippen LogP contribution is 2.28. The minimum atomic E-state index is -0.0934. The summed E-state index contributed by atoms with van der Waals surface area (Å²) >= 11 is 0. The van der Waals surface area contributed by atoms with Crippen molar-refractivity contribution in [1.82, 2.24) is 10.6 Å². The summed E-state index contributed by atoms with van der Waals surface area (Å²) in [4.78, 5) is 23.8. The minimum Gasteiger partial charge on any atom is -0.352 e. The Morgan fingerprint density at radius 3 is 2.00 bits per heavy atom. The number of carbonyl (C=O) groups is 2. The number of rotatable bonds is 6. The van der Waals surface area contributed by atoms with E-state index in [0.717, 1.165) is 24.0 Å². The molecule has 3 rings (SSSR count). The zero-order valence-corrected chi connectivity index (χ0v) is 13.8. The summed E-state index contributed by atoms with van der Waals surface area (Å²) in [5.41, 5.74) is 3.90. The van der Waals surface area contributed by atoms with Gasteiger partial charge in [0, 0.05) is 24.6 Å². The zero-order valence-electron chi connectivity index (χ0n) is 13.8. The van der Waals surface area contributed by atoms with Crippen molar-refractivity contribution >= 4 is 11.8 Å². The average Bonchev–Trinajstić information content (AvgIpc) is 3.44. The lowest BCUT2D eigenvalue weighted by Gasteiger charge is -2.08. The molecule has 124 valence electrons. The van der Waals surface area contributed by atoms with Crippen LogP contribution < -0.4 is 10.6 Å². The molecule has 0 bridgehead atoms. The maximum absolute atomic E-state index is 12.2. The van der Waals surface area contributed by atoms with Crippen LogP contribution in [0.15, 0.2) is 48.5 Å². The van der Waals surface area contributed by atoms with Gasteiger partial charge in [0.1, 0.15) is 0 Å². The molecule has 0 aliphatic heterocycles. The quantitative estimate of drug-likeness (QED) is 0.859. The summed E-state index contributed by atoms with van der Waals surface area (Å²) in [6, 6.07) is 15.5. The maximum Gasteiger partial charge on any atom is 0.251 e. The Bertz CT molecular complexity index is 716. The van der Waals surface area contributed by atoms with Crippen LogP contribution in [0.5, 0.6) is 0 Å². The van der Waals surface area contributed by atoms with Crippen LogP contribution in [-0.2, 0) is 17.9 Å². The van der Waals surface area contributed by atoms with Crippen molar-refractivity contribution in [2.45, 2.75) is 32.9 Å². The Hall–Kier alpha value is -2.62. The van der Waals surface area contributed by atoms with Crippen LogP contribution in [0.3, 0.4) is 0 Å². The van der Waals surface area contributed by atoms with Crippen molar-refractivity contribution in [3.8, 4) is 0 Å². The number of carbonyl (C=O) groups excluding carboxylic acids is 2. The van der Waals surface area contributed by atoms with E-state index in [2.05, 4.69) is 10.6 Å². The van der Waals surface area contributed by atoms with Crippen molar-refractivity contribution in [2.24, 2.45) is 5.92 Å². The fourth-order valence-corrected chi connectivity index (χ4v) is 2.44. The van der Waals surface area contributed by atoms with E-state index in [1.165, 1.54) is 5.56 Å². The van der Waals surface area contributed by atoms with Gasteiger partial charge in [0.25, 0.3) is 5.91 Å². The van der Waals surface area contributed by atoms with Crippen molar-refractivity contribution in [3.05, 3.63) is 70.8 Å². The molecule has 2 N–H and O–H groups in total. The highest BCUT2D eigenvalue weighted by Gasteiger charge is 2.29.